The third-order valence-corrected chi connectivity index (χ3v) is 9.95. The van der Waals surface area contributed by atoms with Gasteiger partial charge in [-0.25, -0.2) is 4.79 Å². The molecule has 38 heavy (non-hydrogen) atoms. The average molecular weight is 521 g/mol. The van der Waals surface area contributed by atoms with Crippen molar-refractivity contribution >= 4 is 11.9 Å². The molecule has 1 amide bonds. The lowest BCUT2D eigenvalue weighted by Crippen LogP contribution is -2.57. The second-order valence-corrected chi connectivity index (χ2v) is 12.1. The summed E-state index contributed by atoms with van der Waals surface area (Å²) in [7, 11) is 1.96. The molecule has 4 unspecified atom stereocenters. The summed E-state index contributed by atoms with van der Waals surface area (Å²) in [5.74, 6) is 0.298. The number of carbonyl (C=O) groups excluding carboxylic acids is 2. The summed E-state index contributed by atoms with van der Waals surface area (Å²) < 4.78 is 5.54. The van der Waals surface area contributed by atoms with Crippen molar-refractivity contribution in [2.45, 2.75) is 71.2 Å². The maximum atomic E-state index is 12.8. The fourth-order valence-corrected chi connectivity index (χ4v) is 7.63. The number of rotatable bonds is 5. The number of esters is 1. The third kappa shape index (κ3) is 4.16. The van der Waals surface area contributed by atoms with Crippen LogP contribution in [0.2, 0.25) is 0 Å². The van der Waals surface area contributed by atoms with Gasteiger partial charge in [-0.1, -0.05) is 51.2 Å². The van der Waals surface area contributed by atoms with Crippen LogP contribution in [0.1, 0.15) is 52.9 Å². The Labute approximate surface area is 225 Å². The van der Waals surface area contributed by atoms with Gasteiger partial charge in [0.15, 0.2) is 0 Å². The predicted octanol–water partition coefficient (Wildman–Crippen LogP) is 3.98. The number of nitrogens with zero attached hydrogens (tertiary/aromatic N) is 2. The second-order valence-electron chi connectivity index (χ2n) is 12.1. The lowest BCUT2D eigenvalue weighted by Gasteiger charge is -2.59. The Morgan fingerprint density at radius 3 is 2.74 bits per heavy atom. The smallest absolute Gasteiger partial charge is 0.343 e. The van der Waals surface area contributed by atoms with E-state index < -0.39 is 17.5 Å². The largest absolute Gasteiger partial charge is 0.423 e. The Bertz CT molecular complexity index is 1190. The van der Waals surface area contributed by atoms with Gasteiger partial charge in [0.1, 0.15) is 11.9 Å². The summed E-state index contributed by atoms with van der Waals surface area (Å²) >= 11 is 0. The van der Waals surface area contributed by atoms with Gasteiger partial charge in [-0.3, -0.25) is 14.6 Å². The van der Waals surface area contributed by atoms with Gasteiger partial charge in [0.25, 0.3) is 0 Å². The fraction of sp³-hybridized carbons (Fsp3) is 0.548. The van der Waals surface area contributed by atoms with Gasteiger partial charge in [0.2, 0.25) is 5.91 Å². The maximum absolute atomic E-state index is 12.8. The molecule has 5 aliphatic rings. The number of likely N-dealkylation sites (N-methyl/N-ethyl adjacent to an activating group) is 1. The molecular formula is C31H40N2O5. The van der Waals surface area contributed by atoms with Crippen LogP contribution in [0.5, 0.6) is 0 Å². The molecular weight excluding hydrogens is 480 g/mol. The van der Waals surface area contributed by atoms with E-state index in [1.54, 1.807) is 17.1 Å². The van der Waals surface area contributed by atoms with Crippen molar-refractivity contribution in [3.63, 3.8) is 0 Å². The molecule has 7 nitrogen and oxygen atoms in total. The van der Waals surface area contributed by atoms with Crippen LogP contribution in [-0.4, -0.2) is 63.9 Å². The number of hydrogen-bond donors (Lipinski definition) is 2. The number of allylic oxidation sites excluding steroid dienone is 6. The lowest BCUT2D eigenvalue weighted by molar-refractivity contribution is -0.145. The van der Waals surface area contributed by atoms with Crippen molar-refractivity contribution in [2.75, 3.05) is 13.7 Å². The monoisotopic (exact) mass is 520 g/mol. The van der Waals surface area contributed by atoms with Crippen LogP contribution < -0.4 is 0 Å². The van der Waals surface area contributed by atoms with E-state index in [2.05, 4.69) is 24.5 Å². The molecule has 2 N–H and O–H groups in total. The summed E-state index contributed by atoms with van der Waals surface area (Å²) in [5.41, 5.74) is 1.67. The van der Waals surface area contributed by atoms with Gasteiger partial charge < -0.3 is 14.9 Å². The van der Waals surface area contributed by atoms with Gasteiger partial charge in [-0.05, 0) is 74.3 Å². The van der Waals surface area contributed by atoms with Crippen molar-refractivity contribution in [3.8, 4) is 0 Å². The lowest BCUT2D eigenvalue weighted by atomic mass is 9.46. The van der Waals surface area contributed by atoms with Crippen LogP contribution in [0, 0.1) is 22.7 Å². The third-order valence-electron chi connectivity index (χ3n) is 9.95. The molecule has 3 aliphatic heterocycles. The molecule has 0 aromatic carbocycles. The predicted molar refractivity (Wildman–Crippen MR) is 145 cm³/mol. The van der Waals surface area contributed by atoms with Crippen LogP contribution in [0.15, 0.2) is 71.7 Å². The highest BCUT2D eigenvalue weighted by Crippen LogP contribution is 2.61. The number of aliphatic hydroxyl groups is 2. The fourth-order valence-electron chi connectivity index (χ4n) is 7.63. The molecule has 3 heterocycles. The first-order valence-electron chi connectivity index (χ1n) is 13.8. The van der Waals surface area contributed by atoms with E-state index in [9.17, 15) is 19.8 Å². The summed E-state index contributed by atoms with van der Waals surface area (Å²) in [6.07, 6.45) is 16.5. The Balaban J connectivity index is 1.36. The highest BCUT2D eigenvalue weighted by atomic mass is 16.5. The van der Waals surface area contributed by atoms with E-state index in [-0.39, 0.29) is 42.0 Å². The Kier molecular flexibility index (Phi) is 6.91. The Hall–Kier alpha value is -2.74. The highest BCUT2D eigenvalue weighted by molar-refractivity contribution is 5.95. The SMILES string of the molecule is C=C1CCC2[C@](C)(CC[C@@H](O)[C@@]2(C)CO)C1/C=C/C1=CC(=C\C2=CN3C(=O)C(CC)N(C)C3C=C2)/OC1=O. The topological polar surface area (TPSA) is 90.3 Å². The Morgan fingerprint density at radius 1 is 1.26 bits per heavy atom. The summed E-state index contributed by atoms with van der Waals surface area (Å²) in [6, 6.07) is -0.132. The highest BCUT2D eigenvalue weighted by Gasteiger charge is 2.57. The number of hydrogen-bond acceptors (Lipinski definition) is 6. The summed E-state index contributed by atoms with van der Waals surface area (Å²) in [5, 5.41) is 20.9. The summed E-state index contributed by atoms with van der Waals surface area (Å²) in [6.45, 7) is 10.5. The summed E-state index contributed by atoms with van der Waals surface area (Å²) in [4.78, 5) is 29.3. The van der Waals surface area contributed by atoms with Crippen molar-refractivity contribution in [2.24, 2.45) is 22.7 Å². The van der Waals surface area contributed by atoms with Crippen LogP contribution >= 0.6 is 0 Å². The van der Waals surface area contributed by atoms with Crippen molar-refractivity contribution < 1.29 is 24.5 Å². The van der Waals surface area contributed by atoms with Gasteiger partial charge >= 0.3 is 5.97 Å². The molecule has 2 saturated carbocycles. The molecule has 5 rings (SSSR count). The molecule has 1 saturated heterocycles. The normalized spacial score (nSPS) is 40.5. The van der Waals surface area contributed by atoms with Crippen LogP contribution in [-0.2, 0) is 14.3 Å². The number of carbonyl (C=O) groups is 2. The van der Waals surface area contributed by atoms with Crippen LogP contribution in [0.3, 0.4) is 0 Å². The average Bonchev–Trinajstić information content (AvgIpc) is 3.35. The van der Waals surface area contributed by atoms with Crippen molar-refractivity contribution in [3.05, 3.63) is 71.7 Å². The molecule has 2 aliphatic carbocycles. The van der Waals surface area contributed by atoms with Crippen molar-refractivity contribution in [1.82, 2.24) is 9.80 Å². The number of amides is 1. The molecule has 204 valence electrons. The minimum Gasteiger partial charge on any atom is -0.423 e. The zero-order valence-corrected chi connectivity index (χ0v) is 22.9. The number of ether oxygens (including phenoxy) is 1. The molecule has 0 aromatic heterocycles. The van der Waals surface area contributed by atoms with E-state index in [1.165, 1.54) is 0 Å². The minimum atomic E-state index is -0.551. The van der Waals surface area contributed by atoms with Crippen LogP contribution in [0.25, 0.3) is 0 Å². The zero-order chi connectivity index (χ0) is 27.4. The minimum absolute atomic E-state index is 0.0342. The molecule has 0 bridgehead atoms. The first-order valence-corrected chi connectivity index (χ1v) is 13.8. The van der Waals surface area contributed by atoms with E-state index in [1.807, 2.05) is 45.3 Å². The standard InChI is InChI=1S/C31H40N2O5/c1-6-24-28(36)33-17-20(8-12-27(33)32(24)5)15-22-16-21(29(37)38-22)9-10-23-19(2)7-11-25-30(23,3)14-13-26(35)31(25,4)18-34/h8-10,12,15-17,23-27,34-35H,2,6-7,11,13-14,18H2,1,3-5H3/b10-9+,22-15+/t23?,24?,25?,26-,27?,30-,31+/m1/s1. The van der Waals surface area contributed by atoms with Gasteiger partial charge in [0, 0.05) is 17.5 Å². The molecule has 0 spiro atoms. The van der Waals surface area contributed by atoms with Gasteiger partial charge in [0.05, 0.1) is 24.3 Å². The number of cyclic esters (lactones) is 1. The molecule has 7 heteroatoms. The second kappa shape index (κ2) is 9.78. The van der Waals surface area contributed by atoms with Crippen LogP contribution in [0.4, 0.5) is 0 Å². The maximum Gasteiger partial charge on any atom is 0.343 e. The number of fused-ring (bicyclic) bond motifs is 2. The van der Waals surface area contributed by atoms with E-state index >= 15 is 0 Å². The first kappa shape index (κ1) is 26.9. The van der Waals surface area contributed by atoms with Gasteiger partial charge in [-0.15, -0.1) is 0 Å². The van der Waals surface area contributed by atoms with E-state index in [0.717, 1.165) is 36.8 Å². The zero-order valence-electron chi connectivity index (χ0n) is 22.9. The van der Waals surface area contributed by atoms with Gasteiger partial charge in [-0.2, -0.15) is 0 Å². The quantitative estimate of drug-likeness (QED) is 0.421. The molecule has 3 fully saturated rings. The number of aliphatic hydroxyl groups excluding tert-OH is 2. The van der Waals surface area contributed by atoms with E-state index in [0.29, 0.717) is 17.8 Å². The molecule has 7 atom stereocenters. The first-order chi connectivity index (χ1) is 18.0. The molecule has 0 radical (unpaired) electrons. The van der Waals surface area contributed by atoms with Crippen molar-refractivity contribution in [1.29, 1.82) is 0 Å². The molecule has 0 aromatic rings. The van der Waals surface area contributed by atoms with E-state index in [4.69, 9.17) is 4.74 Å². The Morgan fingerprint density at radius 2 is 2.03 bits per heavy atom.